The number of benzene rings is 2. The van der Waals surface area contributed by atoms with Gasteiger partial charge in [0.25, 0.3) is 5.91 Å². The first-order valence-corrected chi connectivity index (χ1v) is 6.99. The van der Waals surface area contributed by atoms with Crippen LogP contribution in [0.25, 0.3) is 0 Å². The van der Waals surface area contributed by atoms with Crippen LogP contribution >= 0.6 is 0 Å². The molecular weight excluding hydrogens is 305 g/mol. The standard InChI is InChI=1S/C17H15F3N2O/c1-2-12-6-8-13(9-7-12)11-21-22-16(23)14-4-3-5-15(10-14)17(18,19)20/h3-11H,2H2,1H3,(H,22,23). The number of hydrogen-bond acceptors (Lipinski definition) is 2. The highest BCUT2D eigenvalue weighted by Gasteiger charge is 2.30. The van der Waals surface area contributed by atoms with Crippen LogP contribution in [-0.4, -0.2) is 12.1 Å². The van der Waals surface area contributed by atoms with Crippen LogP contribution in [0.4, 0.5) is 13.2 Å². The lowest BCUT2D eigenvalue weighted by Crippen LogP contribution is -2.18. The molecule has 0 bridgehead atoms. The first-order valence-electron chi connectivity index (χ1n) is 6.99. The second-order valence-electron chi connectivity index (χ2n) is 4.87. The molecule has 2 aromatic rings. The predicted molar refractivity (Wildman–Crippen MR) is 82.3 cm³/mol. The highest BCUT2D eigenvalue weighted by molar-refractivity contribution is 5.95. The molecule has 0 aliphatic heterocycles. The lowest BCUT2D eigenvalue weighted by atomic mass is 10.1. The second-order valence-corrected chi connectivity index (χ2v) is 4.87. The first-order chi connectivity index (χ1) is 10.9. The van der Waals surface area contributed by atoms with Crippen molar-refractivity contribution in [3.8, 4) is 0 Å². The summed E-state index contributed by atoms with van der Waals surface area (Å²) in [5.74, 6) is -0.697. The van der Waals surface area contributed by atoms with Gasteiger partial charge in [-0.15, -0.1) is 0 Å². The number of alkyl halides is 3. The number of nitrogens with zero attached hydrogens (tertiary/aromatic N) is 1. The van der Waals surface area contributed by atoms with Gasteiger partial charge in [0.15, 0.2) is 0 Å². The molecule has 0 saturated heterocycles. The number of hydrazone groups is 1. The molecule has 1 amide bonds. The van der Waals surface area contributed by atoms with Crippen molar-refractivity contribution in [2.75, 3.05) is 0 Å². The molecule has 0 heterocycles. The van der Waals surface area contributed by atoms with Crippen molar-refractivity contribution in [2.45, 2.75) is 19.5 Å². The molecule has 2 aromatic carbocycles. The van der Waals surface area contributed by atoms with Gasteiger partial charge in [0.1, 0.15) is 0 Å². The van der Waals surface area contributed by atoms with E-state index >= 15 is 0 Å². The van der Waals surface area contributed by atoms with Crippen LogP contribution in [0.3, 0.4) is 0 Å². The molecule has 2 rings (SSSR count). The van der Waals surface area contributed by atoms with E-state index in [1.165, 1.54) is 23.9 Å². The average molecular weight is 320 g/mol. The molecule has 0 aliphatic rings. The predicted octanol–water partition coefficient (Wildman–Crippen LogP) is 4.03. The summed E-state index contributed by atoms with van der Waals surface area (Å²) in [7, 11) is 0. The zero-order valence-corrected chi connectivity index (χ0v) is 12.4. The van der Waals surface area contributed by atoms with E-state index in [0.29, 0.717) is 0 Å². The number of carbonyl (C=O) groups excluding carboxylic acids is 1. The molecule has 1 N–H and O–H groups in total. The van der Waals surface area contributed by atoms with E-state index in [1.54, 1.807) is 0 Å². The molecule has 0 fully saturated rings. The molecule has 3 nitrogen and oxygen atoms in total. The van der Waals surface area contributed by atoms with Crippen molar-refractivity contribution < 1.29 is 18.0 Å². The Hall–Kier alpha value is -2.63. The van der Waals surface area contributed by atoms with Gasteiger partial charge in [-0.2, -0.15) is 18.3 Å². The van der Waals surface area contributed by atoms with Gasteiger partial charge in [-0.05, 0) is 35.7 Å². The number of amides is 1. The smallest absolute Gasteiger partial charge is 0.267 e. The van der Waals surface area contributed by atoms with E-state index in [2.05, 4.69) is 10.5 Å². The molecule has 0 atom stereocenters. The van der Waals surface area contributed by atoms with E-state index in [-0.39, 0.29) is 5.56 Å². The molecule has 0 aromatic heterocycles. The fraction of sp³-hybridized carbons (Fsp3) is 0.176. The number of halogens is 3. The molecule has 0 unspecified atom stereocenters. The summed E-state index contributed by atoms with van der Waals surface area (Å²) < 4.78 is 37.8. The zero-order valence-electron chi connectivity index (χ0n) is 12.4. The van der Waals surface area contributed by atoms with Crippen LogP contribution in [0, 0.1) is 0 Å². The summed E-state index contributed by atoms with van der Waals surface area (Å²) in [6.07, 6.45) is -2.13. The fourth-order valence-corrected chi connectivity index (χ4v) is 1.91. The number of carbonyl (C=O) groups is 1. The summed E-state index contributed by atoms with van der Waals surface area (Å²) >= 11 is 0. The quantitative estimate of drug-likeness (QED) is 0.670. The number of hydrogen-bond donors (Lipinski definition) is 1. The van der Waals surface area contributed by atoms with Gasteiger partial charge in [-0.25, -0.2) is 5.43 Å². The Morgan fingerprint density at radius 3 is 2.48 bits per heavy atom. The number of nitrogens with one attached hydrogen (secondary N) is 1. The maximum Gasteiger partial charge on any atom is 0.416 e. The minimum Gasteiger partial charge on any atom is -0.267 e. The molecule has 23 heavy (non-hydrogen) atoms. The molecule has 120 valence electrons. The molecule has 6 heteroatoms. The highest BCUT2D eigenvalue weighted by atomic mass is 19.4. The third kappa shape index (κ3) is 4.67. The summed E-state index contributed by atoms with van der Waals surface area (Å²) in [6.45, 7) is 2.04. The van der Waals surface area contributed by atoms with Crippen LogP contribution in [0.15, 0.2) is 53.6 Å². The summed E-state index contributed by atoms with van der Waals surface area (Å²) in [5.41, 5.74) is 3.21. The minimum absolute atomic E-state index is 0.0988. The van der Waals surface area contributed by atoms with Crippen LogP contribution in [0.2, 0.25) is 0 Å². The van der Waals surface area contributed by atoms with Gasteiger partial charge in [-0.3, -0.25) is 4.79 Å². The molecule has 0 radical (unpaired) electrons. The van der Waals surface area contributed by atoms with Crippen molar-refractivity contribution in [2.24, 2.45) is 5.10 Å². The van der Waals surface area contributed by atoms with Crippen molar-refractivity contribution >= 4 is 12.1 Å². The molecule has 0 spiro atoms. The maximum absolute atomic E-state index is 12.6. The molecular formula is C17H15F3N2O. The first kappa shape index (κ1) is 16.7. The van der Waals surface area contributed by atoms with E-state index in [4.69, 9.17) is 0 Å². The van der Waals surface area contributed by atoms with Crippen LogP contribution < -0.4 is 5.43 Å². The Bertz CT molecular complexity index is 707. The Labute approximate surface area is 131 Å². The van der Waals surface area contributed by atoms with E-state index in [0.717, 1.165) is 24.1 Å². The van der Waals surface area contributed by atoms with Gasteiger partial charge in [0.05, 0.1) is 11.8 Å². The summed E-state index contributed by atoms with van der Waals surface area (Å²) in [6, 6.07) is 11.8. The van der Waals surface area contributed by atoms with Gasteiger partial charge in [0, 0.05) is 5.56 Å². The fourth-order valence-electron chi connectivity index (χ4n) is 1.91. The molecule has 0 aliphatic carbocycles. The highest BCUT2D eigenvalue weighted by Crippen LogP contribution is 2.29. The van der Waals surface area contributed by atoms with E-state index in [1.807, 2.05) is 31.2 Å². The number of rotatable bonds is 4. The SMILES string of the molecule is CCc1ccc(C=NNC(=O)c2cccc(C(F)(F)F)c2)cc1. The topological polar surface area (TPSA) is 41.5 Å². The minimum atomic E-state index is -4.49. The Balaban J connectivity index is 2.03. The average Bonchev–Trinajstić information content (AvgIpc) is 2.54. The normalized spacial score (nSPS) is 11.7. The zero-order chi connectivity index (χ0) is 16.9. The van der Waals surface area contributed by atoms with Gasteiger partial charge < -0.3 is 0 Å². The lowest BCUT2D eigenvalue weighted by molar-refractivity contribution is -0.137. The van der Waals surface area contributed by atoms with Gasteiger partial charge in [0.2, 0.25) is 0 Å². The molecule has 0 saturated carbocycles. The monoisotopic (exact) mass is 320 g/mol. The van der Waals surface area contributed by atoms with Crippen molar-refractivity contribution in [1.82, 2.24) is 5.43 Å². The van der Waals surface area contributed by atoms with Crippen LogP contribution in [0.1, 0.15) is 34.0 Å². The third-order valence-electron chi connectivity index (χ3n) is 3.22. The van der Waals surface area contributed by atoms with Crippen molar-refractivity contribution in [3.63, 3.8) is 0 Å². The van der Waals surface area contributed by atoms with E-state index in [9.17, 15) is 18.0 Å². The maximum atomic E-state index is 12.6. The van der Waals surface area contributed by atoms with Crippen LogP contribution in [-0.2, 0) is 12.6 Å². The van der Waals surface area contributed by atoms with Crippen molar-refractivity contribution in [1.29, 1.82) is 0 Å². The van der Waals surface area contributed by atoms with Gasteiger partial charge in [-0.1, -0.05) is 37.3 Å². The second kappa shape index (κ2) is 7.09. The number of aryl methyl sites for hydroxylation is 1. The largest absolute Gasteiger partial charge is 0.416 e. The lowest BCUT2D eigenvalue weighted by Gasteiger charge is -2.07. The summed E-state index contributed by atoms with van der Waals surface area (Å²) in [4.78, 5) is 11.8. The Kier molecular flexibility index (Phi) is 5.16. The van der Waals surface area contributed by atoms with E-state index < -0.39 is 17.6 Å². The van der Waals surface area contributed by atoms with Crippen LogP contribution in [0.5, 0.6) is 0 Å². The Morgan fingerprint density at radius 2 is 1.87 bits per heavy atom. The summed E-state index contributed by atoms with van der Waals surface area (Å²) in [5, 5.41) is 3.76. The third-order valence-corrected chi connectivity index (χ3v) is 3.22. The van der Waals surface area contributed by atoms with Crippen molar-refractivity contribution in [3.05, 3.63) is 70.8 Å². The Morgan fingerprint density at radius 1 is 1.17 bits per heavy atom. The van der Waals surface area contributed by atoms with Gasteiger partial charge >= 0.3 is 6.18 Å².